The van der Waals surface area contributed by atoms with Gasteiger partial charge in [0.05, 0.1) is 16.1 Å². The van der Waals surface area contributed by atoms with Crippen LogP contribution in [0.4, 0.5) is 0 Å². The zero-order valence-corrected chi connectivity index (χ0v) is 13.3. The lowest BCUT2D eigenvalue weighted by molar-refractivity contribution is -0.121. The van der Waals surface area contributed by atoms with Crippen molar-refractivity contribution < 1.29 is 4.79 Å². The van der Waals surface area contributed by atoms with Crippen LogP contribution in [0, 0.1) is 0 Å². The van der Waals surface area contributed by atoms with Crippen LogP contribution < -0.4 is 11.1 Å². The van der Waals surface area contributed by atoms with Gasteiger partial charge in [-0.3, -0.25) is 4.79 Å². The van der Waals surface area contributed by atoms with E-state index in [-0.39, 0.29) is 11.9 Å². The van der Waals surface area contributed by atoms with Gasteiger partial charge in [-0.2, -0.15) is 0 Å². The highest BCUT2D eigenvalue weighted by atomic mass is 35.5. The number of hydrogen-bond acceptors (Lipinski definition) is 2. The zero-order chi connectivity index (χ0) is 15.0. The average molecular weight is 317 g/mol. The van der Waals surface area contributed by atoms with Gasteiger partial charge in [-0.15, -0.1) is 0 Å². The lowest BCUT2D eigenvalue weighted by atomic mass is 10.1. The molecule has 5 heteroatoms. The molecule has 3 nitrogen and oxygen atoms in total. The first-order valence-corrected chi connectivity index (χ1v) is 7.74. The summed E-state index contributed by atoms with van der Waals surface area (Å²) in [5.41, 5.74) is 6.38. The summed E-state index contributed by atoms with van der Waals surface area (Å²) in [4.78, 5) is 11.8. The Kier molecular flexibility index (Phi) is 7.97. The molecule has 0 aliphatic heterocycles. The second-order valence-electron chi connectivity index (χ2n) is 4.92. The predicted molar refractivity (Wildman–Crippen MR) is 85.2 cm³/mol. The predicted octanol–water partition coefficient (Wildman–Crippen LogP) is 4.08. The highest BCUT2D eigenvalue weighted by molar-refractivity contribution is 6.42. The molecule has 0 heterocycles. The van der Waals surface area contributed by atoms with Crippen molar-refractivity contribution in [3.05, 3.63) is 33.8 Å². The molecule has 1 amide bonds. The number of unbranched alkanes of at least 4 members (excludes halogenated alkanes) is 3. The summed E-state index contributed by atoms with van der Waals surface area (Å²) in [6.45, 7) is 2.66. The first kappa shape index (κ1) is 17.3. The second kappa shape index (κ2) is 9.22. The van der Waals surface area contributed by atoms with Crippen LogP contribution in [-0.2, 0) is 4.79 Å². The maximum absolute atomic E-state index is 11.8. The van der Waals surface area contributed by atoms with Crippen LogP contribution in [0.1, 0.15) is 50.6 Å². The van der Waals surface area contributed by atoms with Crippen LogP contribution in [0.3, 0.4) is 0 Å². The van der Waals surface area contributed by atoms with Crippen molar-refractivity contribution in [3.63, 3.8) is 0 Å². The normalized spacial score (nSPS) is 12.2. The van der Waals surface area contributed by atoms with E-state index in [9.17, 15) is 4.79 Å². The van der Waals surface area contributed by atoms with Gasteiger partial charge in [0.25, 0.3) is 0 Å². The van der Waals surface area contributed by atoms with E-state index < -0.39 is 0 Å². The standard InChI is InChI=1S/C15H22Cl2N2O/c1-11(12-7-8-13(16)14(17)10-12)19-15(20)6-4-2-3-5-9-18/h7-8,10-11H,2-6,9,18H2,1H3,(H,19,20). The number of halogens is 2. The molecular weight excluding hydrogens is 295 g/mol. The fourth-order valence-electron chi connectivity index (χ4n) is 1.96. The Hall–Kier alpha value is -0.770. The van der Waals surface area contributed by atoms with Gasteiger partial charge in [0.1, 0.15) is 0 Å². The summed E-state index contributed by atoms with van der Waals surface area (Å²) in [5.74, 6) is 0.0660. The zero-order valence-electron chi connectivity index (χ0n) is 11.8. The third kappa shape index (κ3) is 6.12. The van der Waals surface area contributed by atoms with Crippen molar-refractivity contribution >= 4 is 29.1 Å². The van der Waals surface area contributed by atoms with Gasteiger partial charge in [-0.05, 0) is 44.0 Å². The molecule has 0 radical (unpaired) electrons. The molecule has 112 valence electrons. The van der Waals surface area contributed by atoms with Crippen molar-refractivity contribution in [2.24, 2.45) is 5.73 Å². The van der Waals surface area contributed by atoms with Gasteiger partial charge in [0, 0.05) is 6.42 Å². The Labute approximate surface area is 130 Å². The van der Waals surface area contributed by atoms with Crippen LogP contribution in [0.5, 0.6) is 0 Å². The van der Waals surface area contributed by atoms with E-state index in [1.807, 2.05) is 13.0 Å². The molecular formula is C15H22Cl2N2O. The molecule has 1 aromatic rings. The van der Waals surface area contributed by atoms with Crippen LogP contribution >= 0.6 is 23.2 Å². The van der Waals surface area contributed by atoms with E-state index >= 15 is 0 Å². The van der Waals surface area contributed by atoms with Crippen molar-refractivity contribution in [2.45, 2.75) is 45.1 Å². The Balaban J connectivity index is 2.35. The molecule has 20 heavy (non-hydrogen) atoms. The molecule has 0 saturated heterocycles. The minimum Gasteiger partial charge on any atom is -0.350 e. The van der Waals surface area contributed by atoms with E-state index in [4.69, 9.17) is 28.9 Å². The van der Waals surface area contributed by atoms with Gasteiger partial charge in [-0.25, -0.2) is 0 Å². The molecule has 0 fully saturated rings. The minimum absolute atomic E-state index is 0.0660. The number of nitrogens with one attached hydrogen (secondary N) is 1. The number of hydrogen-bond donors (Lipinski definition) is 2. The molecule has 0 saturated carbocycles. The highest BCUT2D eigenvalue weighted by Crippen LogP contribution is 2.25. The van der Waals surface area contributed by atoms with Gasteiger partial charge >= 0.3 is 0 Å². The molecule has 0 aliphatic carbocycles. The summed E-state index contributed by atoms with van der Waals surface area (Å²) in [7, 11) is 0. The highest BCUT2D eigenvalue weighted by Gasteiger charge is 2.10. The van der Waals surface area contributed by atoms with Crippen LogP contribution in [0.25, 0.3) is 0 Å². The number of rotatable bonds is 8. The van der Waals surface area contributed by atoms with Crippen molar-refractivity contribution in [1.29, 1.82) is 0 Å². The maximum Gasteiger partial charge on any atom is 0.220 e. The Morgan fingerprint density at radius 1 is 1.20 bits per heavy atom. The van der Waals surface area contributed by atoms with Crippen molar-refractivity contribution in [2.75, 3.05) is 6.54 Å². The lowest BCUT2D eigenvalue weighted by Crippen LogP contribution is -2.26. The van der Waals surface area contributed by atoms with Gasteiger partial charge in [0.2, 0.25) is 5.91 Å². The summed E-state index contributed by atoms with van der Waals surface area (Å²) in [6, 6.07) is 5.34. The monoisotopic (exact) mass is 316 g/mol. The summed E-state index contributed by atoms with van der Waals surface area (Å²) < 4.78 is 0. The van der Waals surface area contributed by atoms with Crippen LogP contribution in [0.2, 0.25) is 10.0 Å². The molecule has 1 atom stereocenters. The quantitative estimate of drug-likeness (QED) is 0.710. The average Bonchev–Trinajstić information content (AvgIpc) is 2.41. The fourth-order valence-corrected chi connectivity index (χ4v) is 2.27. The van der Waals surface area contributed by atoms with E-state index in [2.05, 4.69) is 5.32 Å². The van der Waals surface area contributed by atoms with Crippen LogP contribution in [0.15, 0.2) is 18.2 Å². The van der Waals surface area contributed by atoms with Crippen molar-refractivity contribution in [1.82, 2.24) is 5.32 Å². The molecule has 1 rings (SSSR count). The number of amides is 1. The molecule has 1 unspecified atom stereocenters. The molecule has 0 bridgehead atoms. The maximum atomic E-state index is 11.8. The van der Waals surface area contributed by atoms with E-state index in [1.165, 1.54) is 0 Å². The molecule has 1 aromatic carbocycles. The number of benzene rings is 1. The van der Waals surface area contributed by atoms with Crippen LogP contribution in [-0.4, -0.2) is 12.5 Å². The minimum atomic E-state index is -0.0682. The van der Waals surface area contributed by atoms with Gasteiger partial charge < -0.3 is 11.1 Å². The molecule has 3 N–H and O–H groups in total. The fraction of sp³-hybridized carbons (Fsp3) is 0.533. The summed E-state index contributed by atoms with van der Waals surface area (Å²) >= 11 is 11.8. The van der Waals surface area contributed by atoms with E-state index in [1.54, 1.807) is 12.1 Å². The van der Waals surface area contributed by atoms with Gasteiger partial charge in [0.15, 0.2) is 0 Å². The number of carbonyl (C=O) groups is 1. The summed E-state index contributed by atoms with van der Waals surface area (Å²) in [6.07, 6.45) is 4.62. The van der Waals surface area contributed by atoms with E-state index in [0.717, 1.165) is 37.8 Å². The molecule has 0 aliphatic rings. The smallest absolute Gasteiger partial charge is 0.220 e. The Morgan fingerprint density at radius 3 is 2.55 bits per heavy atom. The lowest BCUT2D eigenvalue weighted by Gasteiger charge is -2.15. The third-order valence-electron chi connectivity index (χ3n) is 3.18. The van der Waals surface area contributed by atoms with Crippen molar-refractivity contribution in [3.8, 4) is 0 Å². The topological polar surface area (TPSA) is 55.1 Å². The number of carbonyl (C=O) groups excluding carboxylic acids is 1. The Bertz CT molecular complexity index is 438. The summed E-state index contributed by atoms with van der Waals surface area (Å²) in [5, 5.41) is 4.00. The second-order valence-corrected chi connectivity index (χ2v) is 5.73. The first-order valence-electron chi connectivity index (χ1n) is 6.99. The van der Waals surface area contributed by atoms with E-state index in [0.29, 0.717) is 16.5 Å². The molecule has 0 aromatic heterocycles. The SMILES string of the molecule is CC(NC(=O)CCCCCCN)c1ccc(Cl)c(Cl)c1. The largest absolute Gasteiger partial charge is 0.350 e. The van der Waals surface area contributed by atoms with Gasteiger partial charge in [-0.1, -0.05) is 42.1 Å². The third-order valence-corrected chi connectivity index (χ3v) is 3.92. The number of nitrogens with two attached hydrogens (primary N) is 1. The first-order chi connectivity index (χ1) is 9.54. The Morgan fingerprint density at radius 2 is 1.90 bits per heavy atom. The molecule has 0 spiro atoms.